The van der Waals surface area contributed by atoms with Crippen molar-refractivity contribution in [3.8, 4) is 0 Å². The zero-order valence-corrected chi connectivity index (χ0v) is 14.7. The molecule has 0 unspecified atom stereocenters. The van der Waals surface area contributed by atoms with Crippen LogP contribution in [0.3, 0.4) is 0 Å². The van der Waals surface area contributed by atoms with Crippen LogP contribution in [0.25, 0.3) is 0 Å². The van der Waals surface area contributed by atoms with Crippen LogP contribution in [0.2, 0.25) is 1.41 Å². The minimum absolute atomic E-state index is 0.189. The van der Waals surface area contributed by atoms with Gasteiger partial charge in [-0.15, -0.1) is 0 Å². The van der Waals surface area contributed by atoms with Gasteiger partial charge in [0, 0.05) is 6.42 Å². The number of hydrogen-bond donors (Lipinski definition) is 4. The van der Waals surface area contributed by atoms with E-state index in [9.17, 15) is 19.2 Å². The zero-order chi connectivity index (χ0) is 19.9. The van der Waals surface area contributed by atoms with E-state index in [0.717, 1.165) is 0 Å². The normalized spacial score (nSPS) is 14.3. The molecule has 9 heteroatoms. The molecule has 0 aliphatic carbocycles. The lowest BCUT2D eigenvalue weighted by Gasteiger charge is -2.26. The van der Waals surface area contributed by atoms with E-state index in [4.69, 9.17) is 17.0 Å². The van der Waals surface area contributed by atoms with Gasteiger partial charge in [0.2, 0.25) is 11.8 Å². The smallest absolute Gasteiger partial charge is 0.408 e. The highest BCUT2D eigenvalue weighted by Crippen LogP contribution is 2.09. The quantitative estimate of drug-likeness (QED) is 0.499. The Labute approximate surface area is 142 Å². The number of alkyl carbamates (subject to hydrolysis) is 1. The highest BCUT2D eigenvalue weighted by atomic mass is 16.6. The number of carbonyl (C=O) groups is 4. The Balaban J connectivity index is 5.17. The molecule has 0 aromatic rings. The first kappa shape index (κ1) is 19.7. The number of rotatable bonds is 8. The molecule has 0 bridgehead atoms. The molecular weight excluding hydrogens is 318 g/mol. The van der Waals surface area contributed by atoms with Crippen LogP contribution < -0.4 is 16.4 Å². The van der Waals surface area contributed by atoms with Gasteiger partial charge in [-0.05, 0) is 33.1 Å². The second-order valence-corrected chi connectivity index (χ2v) is 6.69. The van der Waals surface area contributed by atoms with Crippen molar-refractivity contribution in [1.82, 2.24) is 10.6 Å². The number of nitrogens with one attached hydrogen (secondary N) is 2. The van der Waals surface area contributed by atoms with Crippen molar-refractivity contribution in [3.63, 3.8) is 0 Å². The molecule has 138 valence electrons. The van der Waals surface area contributed by atoms with Crippen molar-refractivity contribution < 1.29 is 30.4 Å². The molecule has 0 rings (SSSR count). The Morgan fingerprint density at radius 3 is 2.17 bits per heavy atom. The number of carboxylic acid groups (broad SMARTS) is 1. The second kappa shape index (κ2) is 9.09. The molecule has 9 nitrogen and oxygen atoms in total. The molecule has 0 aliphatic rings. The maximum atomic E-state index is 12.4. The van der Waals surface area contributed by atoms with Crippen LogP contribution in [0.15, 0.2) is 0 Å². The number of carbonyl (C=O) groups excluding carboxylic acids is 3. The van der Waals surface area contributed by atoms with E-state index in [-0.39, 0.29) is 12.8 Å². The molecule has 0 aromatic heterocycles. The molecule has 0 fully saturated rings. The topological polar surface area (TPSA) is 148 Å². The molecule has 0 saturated carbocycles. The van der Waals surface area contributed by atoms with Gasteiger partial charge in [0.05, 0.1) is 0 Å². The fourth-order valence-corrected chi connectivity index (χ4v) is 1.72. The van der Waals surface area contributed by atoms with Crippen molar-refractivity contribution in [2.45, 2.75) is 65.1 Å². The molecule has 0 heterocycles. The summed E-state index contributed by atoms with van der Waals surface area (Å²) in [5, 5.41) is 11.4. The first-order chi connectivity index (χ1) is 11.3. The average molecular weight is 346 g/mol. The minimum Gasteiger partial charge on any atom is -0.481 e. The maximum absolute atomic E-state index is 12.4. The van der Waals surface area contributed by atoms with Crippen LogP contribution in [-0.2, 0) is 19.1 Å². The van der Waals surface area contributed by atoms with Crippen molar-refractivity contribution in [2.75, 3.05) is 0 Å². The first-order valence-corrected chi connectivity index (χ1v) is 7.58. The molecule has 0 radical (unpaired) electrons. The highest BCUT2D eigenvalue weighted by molar-refractivity contribution is 5.91. The van der Waals surface area contributed by atoms with E-state index in [1.165, 1.54) is 0 Å². The summed E-state index contributed by atoms with van der Waals surface area (Å²) in [7, 11) is 0. The lowest BCUT2D eigenvalue weighted by molar-refractivity contribution is -0.138. The van der Waals surface area contributed by atoms with E-state index >= 15 is 0 Å². The van der Waals surface area contributed by atoms with Gasteiger partial charge in [0.1, 0.15) is 17.7 Å². The zero-order valence-electron chi connectivity index (χ0n) is 15.7. The summed E-state index contributed by atoms with van der Waals surface area (Å²) in [6.45, 7) is 8.11. The van der Waals surface area contributed by atoms with Crippen LogP contribution in [0, 0.1) is 5.92 Å². The van der Waals surface area contributed by atoms with E-state index in [0.29, 0.717) is 5.31 Å². The van der Waals surface area contributed by atoms with E-state index in [2.05, 4.69) is 5.32 Å². The third-order valence-electron chi connectivity index (χ3n) is 2.84. The Kier molecular flexibility index (Phi) is 7.47. The molecule has 0 aliphatic heterocycles. The monoisotopic (exact) mass is 346 g/mol. The number of aliphatic carboxylic acids is 1. The summed E-state index contributed by atoms with van der Waals surface area (Å²) >= 11 is 0. The Bertz CT molecular complexity index is 518. The molecule has 5 N–H and O–H groups in total. The van der Waals surface area contributed by atoms with Gasteiger partial charge in [0.25, 0.3) is 0 Å². The molecule has 0 saturated heterocycles. The molecule has 24 heavy (non-hydrogen) atoms. The third-order valence-corrected chi connectivity index (χ3v) is 2.84. The molecular formula is C15H27N3O6. The summed E-state index contributed by atoms with van der Waals surface area (Å²) in [5.41, 5.74) is 4.33. The lowest BCUT2D eigenvalue weighted by atomic mass is 10.0. The summed E-state index contributed by atoms with van der Waals surface area (Å²) in [5.74, 6) is -3.29. The molecule has 2 atom stereocenters. The third kappa shape index (κ3) is 8.96. The Morgan fingerprint density at radius 2 is 1.79 bits per heavy atom. The highest BCUT2D eigenvalue weighted by Gasteiger charge is 2.29. The maximum Gasteiger partial charge on any atom is 0.408 e. The van der Waals surface area contributed by atoms with Crippen molar-refractivity contribution in [3.05, 3.63) is 0 Å². The number of ether oxygens (including phenoxy) is 1. The molecule has 0 aromatic carbocycles. The minimum atomic E-state index is -1.23. The first-order valence-electron chi connectivity index (χ1n) is 8.03. The summed E-state index contributed by atoms with van der Waals surface area (Å²) < 4.78 is 12.9. The van der Waals surface area contributed by atoms with Crippen LogP contribution in [-0.4, -0.2) is 46.7 Å². The van der Waals surface area contributed by atoms with Crippen molar-refractivity contribution in [2.24, 2.45) is 11.7 Å². The van der Waals surface area contributed by atoms with E-state index in [1.807, 2.05) is 0 Å². The fraction of sp³-hybridized carbons (Fsp3) is 0.733. The summed E-state index contributed by atoms with van der Waals surface area (Å²) in [4.78, 5) is 46.4. The predicted octanol–water partition coefficient (Wildman–Crippen LogP) is 0.371. The van der Waals surface area contributed by atoms with Gasteiger partial charge >= 0.3 is 12.1 Å². The van der Waals surface area contributed by atoms with Gasteiger partial charge < -0.3 is 26.2 Å². The number of nitrogens with two attached hydrogens (primary N) is 1. The molecule has 0 spiro atoms. The van der Waals surface area contributed by atoms with Crippen LogP contribution in [0.5, 0.6) is 0 Å². The number of hydrogen-bond acceptors (Lipinski definition) is 5. The summed E-state index contributed by atoms with van der Waals surface area (Å²) in [6.07, 6.45) is -1.56. The lowest BCUT2D eigenvalue weighted by Crippen LogP contribution is -2.55. The fourth-order valence-electron chi connectivity index (χ4n) is 1.72. The second-order valence-electron chi connectivity index (χ2n) is 6.69. The van der Waals surface area contributed by atoms with Gasteiger partial charge in [0.15, 0.2) is 1.41 Å². The van der Waals surface area contributed by atoms with Gasteiger partial charge in [-0.1, -0.05) is 13.8 Å². The van der Waals surface area contributed by atoms with Gasteiger partial charge in [-0.25, -0.2) is 4.79 Å². The molecule has 3 amide bonds. The van der Waals surface area contributed by atoms with Crippen LogP contribution >= 0.6 is 0 Å². The number of primary amides is 1. The van der Waals surface area contributed by atoms with Gasteiger partial charge in [-0.3, -0.25) is 14.4 Å². The predicted molar refractivity (Wildman–Crippen MR) is 86.0 cm³/mol. The largest absolute Gasteiger partial charge is 0.481 e. The summed E-state index contributed by atoms with van der Waals surface area (Å²) in [6, 6.07) is -2.45. The average Bonchev–Trinajstić information content (AvgIpc) is 2.40. The van der Waals surface area contributed by atoms with Crippen LogP contribution in [0.1, 0.15) is 47.5 Å². The van der Waals surface area contributed by atoms with Crippen LogP contribution in [0.4, 0.5) is 4.79 Å². The van der Waals surface area contributed by atoms with Crippen molar-refractivity contribution in [1.29, 1.82) is 0 Å². The Hall–Kier alpha value is -2.32. The van der Waals surface area contributed by atoms with E-state index < -0.39 is 47.5 Å². The number of carboxylic acids is 1. The Morgan fingerprint density at radius 1 is 1.25 bits per heavy atom. The SMILES string of the molecule is [2H]N(C(=O)OC(C)(C)C)[C@H](C(=O)N[C@@H](CCC(=O)O)C(N)=O)C(C)C. The van der Waals surface area contributed by atoms with E-state index in [1.54, 1.807) is 34.6 Å². The van der Waals surface area contributed by atoms with Crippen molar-refractivity contribution >= 4 is 23.9 Å². The van der Waals surface area contributed by atoms with Gasteiger partial charge in [-0.2, -0.15) is 0 Å². The number of amides is 3. The standard InChI is InChI=1S/C15H27N3O6/c1-8(2)11(18-14(23)24-15(3,4)5)13(22)17-9(12(16)21)6-7-10(19)20/h8-9,11H,6-7H2,1-5H3,(H2,16,21)(H,17,22)(H,18,23)(H,19,20)/t9-,11-/m0/s1/i/hD.